The quantitative estimate of drug-likeness (QED) is 0.298. The smallest absolute Gasteiger partial charge is 0.416 e. The Kier molecular flexibility index (Phi) is 5.81. The van der Waals surface area contributed by atoms with Crippen LogP contribution in [0.2, 0.25) is 0 Å². The Hall–Kier alpha value is -3.70. The highest BCUT2D eigenvalue weighted by Crippen LogP contribution is 2.36. The van der Waals surface area contributed by atoms with Crippen LogP contribution < -0.4 is 10.1 Å². The largest absolute Gasteiger partial charge is 0.448 e. The van der Waals surface area contributed by atoms with Crippen LogP contribution >= 0.6 is 0 Å². The van der Waals surface area contributed by atoms with E-state index in [4.69, 9.17) is 14.2 Å². The van der Waals surface area contributed by atoms with E-state index in [0.29, 0.717) is 0 Å². The van der Waals surface area contributed by atoms with Crippen molar-refractivity contribution in [2.24, 2.45) is 0 Å². The number of carbonyl (C=O) groups excluding carboxylic acids is 2. The van der Waals surface area contributed by atoms with Gasteiger partial charge in [0.2, 0.25) is 0 Å². The number of anilines is 1. The molecule has 0 atom stereocenters. The first-order valence-corrected chi connectivity index (χ1v) is 8.74. The lowest BCUT2D eigenvalue weighted by atomic mass is 10.2. The summed E-state index contributed by atoms with van der Waals surface area (Å²) in [5.74, 6) is -9.95. The van der Waals surface area contributed by atoms with Gasteiger partial charge in [-0.15, -0.1) is 0 Å². The summed E-state index contributed by atoms with van der Waals surface area (Å²) in [7, 11) is 0. The fourth-order valence-corrected chi connectivity index (χ4v) is 2.54. The summed E-state index contributed by atoms with van der Waals surface area (Å²) in [6, 6.07) is 2.85. The maximum absolute atomic E-state index is 14.1. The van der Waals surface area contributed by atoms with Crippen LogP contribution in [0.5, 0.6) is 11.5 Å². The lowest BCUT2D eigenvalue weighted by Crippen LogP contribution is -2.42. The van der Waals surface area contributed by atoms with Crippen molar-refractivity contribution in [3.63, 3.8) is 0 Å². The summed E-state index contributed by atoms with van der Waals surface area (Å²) >= 11 is 0. The Morgan fingerprint density at radius 3 is 2.03 bits per heavy atom. The van der Waals surface area contributed by atoms with Crippen LogP contribution in [0.25, 0.3) is 0 Å². The lowest BCUT2D eigenvalue weighted by molar-refractivity contribution is -0.222. The first kappa shape index (κ1) is 23.0. The number of halogens is 6. The van der Waals surface area contributed by atoms with Crippen LogP contribution in [-0.2, 0) is 25.2 Å². The molecule has 1 N–H and O–H groups in total. The molecule has 1 heterocycles. The predicted molar refractivity (Wildman–Crippen MR) is 95.8 cm³/mol. The molecule has 1 aliphatic rings. The number of hydrogen-bond acceptors (Lipinski definition) is 6. The number of alkyl halides is 3. The molecule has 1 saturated heterocycles. The van der Waals surface area contributed by atoms with Crippen LogP contribution in [-0.4, -0.2) is 17.7 Å². The molecule has 32 heavy (non-hydrogen) atoms. The van der Waals surface area contributed by atoms with Crippen molar-refractivity contribution in [3.05, 3.63) is 65.1 Å². The number of rotatable bonds is 4. The SMILES string of the molecule is CC1(C)OC(=O)C(=CNc2ccc(F)c(Oc3c(F)cc(C(F)(F)F)cc3F)c2)C(=O)O1. The van der Waals surface area contributed by atoms with E-state index in [1.54, 1.807) is 0 Å². The van der Waals surface area contributed by atoms with Gasteiger partial charge < -0.3 is 19.5 Å². The monoisotopic (exact) mass is 461 g/mol. The molecule has 0 bridgehead atoms. The van der Waals surface area contributed by atoms with E-state index in [2.05, 4.69) is 5.32 Å². The Bertz CT molecular complexity index is 1080. The van der Waals surface area contributed by atoms with Crippen LogP contribution in [0.4, 0.5) is 32.0 Å². The third-order valence-electron chi connectivity index (χ3n) is 3.97. The third-order valence-corrected chi connectivity index (χ3v) is 3.97. The van der Waals surface area contributed by atoms with Crippen molar-refractivity contribution in [1.29, 1.82) is 0 Å². The summed E-state index contributed by atoms with van der Waals surface area (Å²) in [6.07, 6.45) is -4.10. The number of nitrogens with one attached hydrogen (secondary N) is 1. The summed E-state index contributed by atoms with van der Waals surface area (Å²) in [6.45, 7) is 2.69. The van der Waals surface area contributed by atoms with Gasteiger partial charge in [-0.05, 0) is 24.3 Å². The lowest BCUT2D eigenvalue weighted by Gasteiger charge is -2.29. The Labute approximate surface area is 176 Å². The first-order chi connectivity index (χ1) is 14.8. The molecule has 0 radical (unpaired) electrons. The fraction of sp³-hybridized carbons (Fsp3) is 0.200. The van der Waals surface area contributed by atoms with E-state index in [1.807, 2.05) is 0 Å². The van der Waals surface area contributed by atoms with Gasteiger partial charge >= 0.3 is 18.1 Å². The summed E-state index contributed by atoms with van der Waals surface area (Å²) in [5, 5.41) is 2.47. The van der Waals surface area contributed by atoms with E-state index in [1.165, 1.54) is 13.8 Å². The molecule has 1 fully saturated rings. The molecule has 0 saturated carbocycles. The highest BCUT2D eigenvalue weighted by Gasteiger charge is 2.39. The first-order valence-electron chi connectivity index (χ1n) is 8.74. The Balaban J connectivity index is 1.85. The molecule has 0 amide bonds. The minimum absolute atomic E-state index is 0.00459. The number of cyclic esters (lactones) is 2. The third kappa shape index (κ3) is 4.95. The van der Waals surface area contributed by atoms with Crippen molar-refractivity contribution < 1.29 is 50.1 Å². The number of carbonyl (C=O) groups is 2. The standard InChI is InChI=1S/C20H13F6NO5/c1-19(2)31-17(28)11(18(29)32-19)8-27-10-3-4-12(21)15(7-10)30-16-13(22)5-9(6-14(16)23)20(24,25)26/h3-8,27H,1-2H3. The van der Waals surface area contributed by atoms with Crippen LogP contribution in [0.3, 0.4) is 0 Å². The second-order valence-electron chi connectivity index (χ2n) is 6.90. The van der Waals surface area contributed by atoms with Crippen molar-refractivity contribution in [1.82, 2.24) is 0 Å². The molecular formula is C20H13F6NO5. The molecule has 2 aromatic rings. The van der Waals surface area contributed by atoms with Gasteiger partial charge in [0.25, 0.3) is 5.79 Å². The molecule has 6 nitrogen and oxygen atoms in total. The van der Waals surface area contributed by atoms with E-state index in [0.717, 1.165) is 24.4 Å². The highest BCUT2D eigenvalue weighted by molar-refractivity contribution is 6.15. The summed E-state index contributed by atoms with van der Waals surface area (Å²) in [5.41, 5.74) is -2.11. The number of hydrogen-bond donors (Lipinski definition) is 1. The molecule has 2 aromatic carbocycles. The zero-order valence-electron chi connectivity index (χ0n) is 16.3. The average Bonchev–Trinajstić information content (AvgIpc) is 2.64. The topological polar surface area (TPSA) is 73.9 Å². The number of ether oxygens (including phenoxy) is 3. The predicted octanol–water partition coefficient (Wildman–Crippen LogP) is 5.05. The Morgan fingerprint density at radius 1 is 0.938 bits per heavy atom. The molecular weight excluding hydrogens is 448 g/mol. The van der Waals surface area contributed by atoms with Crippen LogP contribution in [0, 0.1) is 17.5 Å². The van der Waals surface area contributed by atoms with E-state index in [9.17, 15) is 35.9 Å². The average molecular weight is 461 g/mol. The van der Waals surface area contributed by atoms with Crippen molar-refractivity contribution >= 4 is 17.6 Å². The molecule has 0 unspecified atom stereocenters. The zero-order valence-corrected chi connectivity index (χ0v) is 16.3. The van der Waals surface area contributed by atoms with Gasteiger partial charge in [-0.1, -0.05) is 0 Å². The van der Waals surface area contributed by atoms with E-state index in [-0.39, 0.29) is 17.8 Å². The van der Waals surface area contributed by atoms with E-state index < -0.39 is 64.0 Å². The van der Waals surface area contributed by atoms with Crippen molar-refractivity contribution in [2.45, 2.75) is 25.8 Å². The van der Waals surface area contributed by atoms with Crippen LogP contribution in [0.15, 0.2) is 42.1 Å². The molecule has 1 aliphatic heterocycles. The number of esters is 2. The molecule has 12 heteroatoms. The minimum Gasteiger partial charge on any atom is -0.448 e. The van der Waals surface area contributed by atoms with Gasteiger partial charge in [0.15, 0.2) is 34.5 Å². The highest BCUT2D eigenvalue weighted by atomic mass is 19.4. The maximum atomic E-state index is 14.1. The molecule has 170 valence electrons. The van der Waals surface area contributed by atoms with Gasteiger partial charge in [-0.25, -0.2) is 22.8 Å². The van der Waals surface area contributed by atoms with Gasteiger partial charge in [-0.3, -0.25) is 0 Å². The zero-order chi connectivity index (χ0) is 23.8. The molecule has 0 aromatic heterocycles. The van der Waals surface area contributed by atoms with Crippen molar-refractivity contribution in [2.75, 3.05) is 5.32 Å². The fourth-order valence-electron chi connectivity index (χ4n) is 2.54. The van der Waals surface area contributed by atoms with Crippen molar-refractivity contribution in [3.8, 4) is 11.5 Å². The van der Waals surface area contributed by atoms with Crippen LogP contribution in [0.1, 0.15) is 19.4 Å². The molecule has 3 rings (SSSR count). The Morgan fingerprint density at radius 2 is 1.50 bits per heavy atom. The second kappa shape index (κ2) is 8.09. The van der Waals surface area contributed by atoms with Gasteiger partial charge in [0.05, 0.1) is 5.56 Å². The summed E-state index contributed by atoms with van der Waals surface area (Å²) in [4.78, 5) is 23.8. The van der Waals surface area contributed by atoms with E-state index >= 15 is 0 Å². The molecule has 0 spiro atoms. The maximum Gasteiger partial charge on any atom is 0.416 e. The number of benzene rings is 2. The molecule has 0 aliphatic carbocycles. The second-order valence-corrected chi connectivity index (χ2v) is 6.90. The van der Waals surface area contributed by atoms with Gasteiger partial charge in [0.1, 0.15) is 0 Å². The summed E-state index contributed by atoms with van der Waals surface area (Å²) < 4.78 is 94.5. The normalized spacial score (nSPS) is 15.7. The minimum atomic E-state index is -5.00. The van der Waals surface area contributed by atoms with Gasteiger partial charge in [0, 0.05) is 31.8 Å². The van der Waals surface area contributed by atoms with Gasteiger partial charge in [-0.2, -0.15) is 13.2 Å².